The molecule has 0 spiro atoms. The van der Waals surface area contributed by atoms with Crippen LogP contribution in [0, 0.1) is 11.8 Å². The van der Waals surface area contributed by atoms with Crippen LogP contribution in [0.1, 0.15) is 44.2 Å². The summed E-state index contributed by atoms with van der Waals surface area (Å²) in [7, 11) is 0. The number of rotatable bonds is 4. The third-order valence-electron chi connectivity index (χ3n) is 4.13. The normalized spacial score (nSPS) is 23.3. The zero-order valence-corrected chi connectivity index (χ0v) is 13.6. The summed E-state index contributed by atoms with van der Waals surface area (Å²) in [6, 6.07) is 7.63. The second-order valence-corrected chi connectivity index (χ2v) is 6.54. The lowest BCUT2D eigenvalue weighted by molar-refractivity contribution is -0.149. The molecule has 3 atom stereocenters. The van der Waals surface area contributed by atoms with E-state index in [4.69, 9.17) is 0 Å². The van der Waals surface area contributed by atoms with Crippen LogP contribution in [-0.2, 0) is 9.59 Å². The summed E-state index contributed by atoms with van der Waals surface area (Å²) in [4.78, 5) is 23.7. The van der Waals surface area contributed by atoms with Crippen molar-refractivity contribution in [3.63, 3.8) is 0 Å². The molecule has 2 N–H and O–H groups in total. The number of nitrogens with one attached hydrogen (secondary N) is 1. The Morgan fingerprint density at radius 2 is 1.95 bits per heavy atom. The molecule has 1 aliphatic rings. The Bertz CT molecular complexity index is 532. The van der Waals surface area contributed by atoms with Crippen molar-refractivity contribution in [2.75, 3.05) is 0 Å². The summed E-state index contributed by atoms with van der Waals surface area (Å²) in [5.41, 5.74) is 1.00. The van der Waals surface area contributed by atoms with Gasteiger partial charge in [-0.15, -0.1) is 0 Å². The highest BCUT2D eigenvalue weighted by atomic mass is 79.9. The van der Waals surface area contributed by atoms with Crippen LogP contribution in [0.25, 0.3) is 0 Å². The maximum Gasteiger partial charge on any atom is 0.307 e. The molecule has 0 heterocycles. The van der Waals surface area contributed by atoms with Crippen molar-refractivity contribution in [3.05, 3.63) is 34.3 Å². The first-order valence-corrected chi connectivity index (χ1v) is 8.07. The molecule has 0 bridgehead atoms. The second-order valence-electron chi connectivity index (χ2n) is 5.62. The van der Waals surface area contributed by atoms with E-state index in [1.165, 1.54) is 0 Å². The molecule has 1 amide bonds. The predicted molar refractivity (Wildman–Crippen MR) is 83.8 cm³/mol. The van der Waals surface area contributed by atoms with Crippen molar-refractivity contribution in [2.24, 2.45) is 11.8 Å². The van der Waals surface area contributed by atoms with Crippen LogP contribution in [0.5, 0.6) is 0 Å². The number of aliphatic carboxylic acids is 1. The first-order chi connectivity index (χ1) is 9.99. The molecule has 0 radical (unpaired) electrons. The SMILES string of the molecule is C[C@H](NC(=O)C1CCCCC1C(=O)O)c1cccc(Br)c1. The first-order valence-electron chi connectivity index (χ1n) is 7.27. The largest absolute Gasteiger partial charge is 0.481 e. The molecule has 0 aromatic heterocycles. The summed E-state index contributed by atoms with van der Waals surface area (Å²) in [6.07, 6.45) is 3.07. The lowest BCUT2D eigenvalue weighted by atomic mass is 9.78. The number of hydrogen-bond donors (Lipinski definition) is 2. The van der Waals surface area contributed by atoms with Gasteiger partial charge in [-0.3, -0.25) is 9.59 Å². The molecule has 114 valence electrons. The molecule has 0 aliphatic heterocycles. The van der Waals surface area contributed by atoms with Crippen LogP contribution < -0.4 is 5.32 Å². The Kier molecular flexibility index (Phi) is 5.39. The maximum absolute atomic E-state index is 12.4. The van der Waals surface area contributed by atoms with E-state index in [1.807, 2.05) is 31.2 Å². The van der Waals surface area contributed by atoms with Gasteiger partial charge in [0.15, 0.2) is 0 Å². The van der Waals surface area contributed by atoms with Gasteiger partial charge >= 0.3 is 5.97 Å². The Balaban J connectivity index is 2.04. The molecule has 2 rings (SSSR count). The maximum atomic E-state index is 12.4. The van der Waals surface area contributed by atoms with Gasteiger partial charge in [0.25, 0.3) is 0 Å². The standard InChI is InChI=1S/C16H20BrNO3/c1-10(11-5-4-6-12(17)9-11)18-15(19)13-7-2-3-8-14(13)16(20)21/h4-6,9-10,13-14H,2-3,7-8H2,1H3,(H,18,19)(H,20,21)/t10-,13?,14?/m0/s1. The minimum atomic E-state index is -0.857. The Morgan fingerprint density at radius 1 is 1.29 bits per heavy atom. The highest BCUT2D eigenvalue weighted by molar-refractivity contribution is 9.10. The van der Waals surface area contributed by atoms with E-state index in [1.54, 1.807) is 0 Å². The fourth-order valence-corrected chi connectivity index (χ4v) is 3.34. The average molecular weight is 354 g/mol. The van der Waals surface area contributed by atoms with Gasteiger partial charge in [0.1, 0.15) is 0 Å². The average Bonchev–Trinajstić information content (AvgIpc) is 2.47. The molecule has 1 saturated carbocycles. The molecular weight excluding hydrogens is 334 g/mol. The minimum absolute atomic E-state index is 0.133. The molecule has 1 aliphatic carbocycles. The lowest BCUT2D eigenvalue weighted by Crippen LogP contribution is -2.40. The van der Waals surface area contributed by atoms with Crippen LogP contribution in [0.4, 0.5) is 0 Å². The van der Waals surface area contributed by atoms with Crippen molar-refractivity contribution in [3.8, 4) is 0 Å². The van der Waals surface area contributed by atoms with Crippen LogP contribution in [0.3, 0.4) is 0 Å². The molecule has 5 heteroatoms. The summed E-state index contributed by atoms with van der Waals surface area (Å²) in [6.45, 7) is 1.91. The fourth-order valence-electron chi connectivity index (χ4n) is 2.92. The predicted octanol–water partition coefficient (Wildman–Crippen LogP) is 3.52. The van der Waals surface area contributed by atoms with Crippen molar-refractivity contribution in [1.29, 1.82) is 0 Å². The van der Waals surface area contributed by atoms with Crippen molar-refractivity contribution < 1.29 is 14.7 Å². The van der Waals surface area contributed by atoms with Gasteiger partial charge in [0.2, 0.25) is 5.91 Å². The van der Waals surface area contributed by atoms with E-state index in [0.717, 1.165) is 22.9 Å². The summed E-state index contributed by atoms with van der Waals surface area (Å²) in [5.74, 6) is -1.96. The first kappa shape index (κ1) is 16.0. The second kappa shape index (κ2) is 7.07. The van der Waals surface area contributed by atoms with E-state index >= 15 is 0 Å². The highest BCUT2D eigenvalue weighted by Crippen LogP contribution is 2.31. The Morgan fingerprint density at radius 3 is 2.57 bits per heavy atom. The molecule has 1 aromatic rings. The number of hydrogen-bond acceptors (Lipinski definition) is 2. The van der Waals surface area contributed by atoms with Gasteiger partial charge < -0.3 is 10.4 Å². The summed E-state index contributed by atoms with van der Waals surface area (Å²) < 4.78 is 0.960. The number of carboxylic acid groups (broad SMARTS) is 1. The quantitative estimate of drug-likeness (QED) is 0.870. The number of benzene rings is 1. The Labute approximate surface area is 133 Å². The third-order valence-corrected chi connectivity index (χ3v) is 4.62. The van der Waals surface area contributed by atoms with Gasteiger partial charge in [0.05, 0.1) is 17.9 Å². The monoisotopic (exact) mass is 353 g/mol. The highest BCUT2D eigenvalue weighted by Gasteiger charge is 2.36. The van der Waals surface area contributed by atoms with Gasteiger partial charge in [-0.1, -0.05) is 40.9 Å². The van der Waals surface area contributed by atoms with Crippen LogP contribution in [0.2, 0.25) is 0 Å². The van der Waals surface area contributed by atoms with Gasteiger partial charge in [-0.2, -0.15) is 0 Å². The Hall–Kier alpha value is -1.36. The molecule has 2 unspecified atom stereocenters. The molecule has 1 aromatic carbocycles. The van der Waals surface area contributed by atoms with Crippen molar-refractivity contribution >= 4 is 27.8 Å². The molecule has 1 fully saturated rings. The van der Waals surface area contributed by atoms with E-state index in [0.29, 0.717) is 12.8 Å². The molecule has 0 saturated heterocycles. The minimum Gasteiger partial charge on any atom is -0.481 e. The number of halogens is 1. The number of carboxylic acids is 1. The zero-order valence-electron chi connectivity index (χ0n) is 12.0. The van der Waals surface area contributed by atoms with Crippen LogP contribution in [-0.4, -0.2) is 17.0 Å². The fraction of sp³-hybridized carbons (Fsp3) is 0.500. The van der Waals surface area contributed by atoms with E-state index in [9.17, 15) is 14.7 Å². The van der Waals surface area contributed by atoms with Crippen molar-refractivity contribution in [1.82, 2.24) is 5.32 Å². The van der Waals surface area contributed by atoms with E-state index < -0.39 is 17.8 Å². The number of carbonyl (C=O) groups excluding carboxylic acids is 1. The topological polar surface area (TPSA) is 66.4 Å². The number of carbonyl (C=O) groups is 2. The van der Waals surface area contributed by atoms with Gasteiger partial charge in [0, 0.05) is 4.47 Å². The smallest absolute Gasteiger partial charge is 0.307 e. The van der Waals surface area contributed by atoms with E-state index in [2.05, 4.69) is 21.2 Å². The molecule has 21 heavy (non-hydrogen) atoms. The van der Waals surface area contributed by atoms with Gasteiger partial charge in [-0.05, 0) is 37.5 Å². The van der Waals surface area contributed by atoms with Crippen molar-refractivity contribution in [2.45, 2.75) is 38.6 Å². The van der Waals surface area contributed by atoms with Gasteiger partial charge in [-0.25, -0.2) is 0 Å². The third kappa shape index (κ3) is 4.06. The summed E-state index contributed by atoms with van der Waals surface area (Å²) in [5, 5.41) is 12.2. The van der Waals surface area contributed by atoms with E-state index in [-0.39, 0.29) is 11.9 Å². The molecule has 4 nitrogen and oxygen atoms in total. The van der Waals surface area contributed by atoms with Crippen LogP contribution >= 0.6 is 15.9 Å². The van der Waals surface area contributed by atoms with Crippen LogP contribution in [0.15, 0.2) is 28.7 Å². The number of amides is 1. The molecular formula is C16H20BrNO3. The lowest BCUT2D eigenvalue weighted by Gasteiger charge is -2.28. The zero-order chi connectivity index (χ0) is 15.4. The summed E-state index contributed by atoms with van der Waals surface area (Å²) >= 11 is 3.41.